The highest BCUT2D eigenvalue weighted by Gasteiger charge is 2.29. The lowest BCUT2D eigenvalue weighted by molar-refractivity contribution is -0.207. The first-order chi connectivity index (χ1) is 12.9. The van der Waals surface area contributed by atoms with E-state index in [1.165, 1.54) is 0 Å². The molecule has 1 unspecified atom stereocenters. The molecule has 1 heterocycles. The van der Waals surface area contributed by atoms with Crippen LogP contribution in [0.2, 0.25) is 0 Å². The molecule has 1 aromatic heterocycles. The average molecular weight is 431 g/mol. The van der Waals surface area contributed by atoms with Crippen LogP contribution in [-0.2, 0) is 14.8 Å². The predicted octanol–water partition coefficient (Wildman–Crippen LogP) is 3.00. The number of benzene rings is 1. The van der Waals surface area contributed by atoms with E-state index in [0.29, 0.717) is 12.1 Å². The molecule has 14 heteroatoms. The number of hydrogen-bond acceptors (Lipinski definition) is 6. The fourth-order valence-electron chi connectivity index (χ4n) is 1.73. The number of rotatable bonds is 7. The molecule has 2 aromatic rings. The lowest BCUT2D eigenvalue weighted by Gasteiger charge is -2.15. The number of halogens is 6. The minimum absolute atomic E-state index is 0.425. The van der Waals surface area contributed by atoms with Gasteiger partial charge in [0.15, 0.2) is 17.5 Å². The van der Waals surface area contributed by atoms with Gasteiger partial charge in [-0.1, -0.05) is 0 Å². The molecule has 2 rings (SSSR count). The van der Waals surface area contributed by atoms with Crippen LogP contribution in [0.1, 0.15) is 6.92 Å². The van der Waals surface area contributed by atoms with Crippen LogP contribution in [0.3, 0.4) is 0 Å². The van der Waals surface area contributed by atoms with Gasteiger partial charge in [-0.2, -0.15) is 13.2 Å². The van der Waals surface area contributed by atoms with Crippen molar-refractivity contribution >= 4 is 15.7 Å². The first kappa shape index (κ1) is 21.7. The Balaban J connectivity index is 2.07. The van der Waals surface area contributed by atoms with E-state index in [1.54, 1.807) is 4.72 Å². The van der Waals surface area contributed by atoms with Crippen LogP contribution in [0.25, 0.3) is 0 Å². The molecular weight excluding hydrogens is 420 g/mol. The highest BCUT2D eigenvalue weighted by molar-refractivity contribution is 7.92. The third-order valence-corrected chi connectivity index (χ3v) is 4.24. The van der Waals surface area contributed by atoms with E-state index in [2.05, 4.69) is 14.7 Å². The Kier molecular flexibility index (Phi) is 6.34. The van der Waals surface area contributed by atoms with E-state index in [9.17, 15) is 34.8 Å². The maximum absolute atomic E-state index is 13.2. The average Bonchev–Trinajstić information content (AvgIpc) is 2.57. The normalized spacial score (nSPS) is 13.2. The van der Waals surface area contributed by atoms with Crippen molar-refractivity contribution < 1.29 is 44.2 Å². The zero-order chi connectivity index (χ0) is 21.1. The van der Waals surface area contributed by atoms with Gasteiger partial charge in [0, 0.05) is 12.1 Å². The van der Waals surface area contributed by atoms with Crippen LogP contribution in [0.4, 0.5) is 32.0 Å². The van der Waals surface area contributed by atoms with Gasteiger partial charge < -0.3 is 9.47 Å². The second-order valence-electron chi connectivity index (χ2n) is 5.17. The van der Waals surface area contributed by atoms with Crippen LogP contribution >= 0.6 is 0 Å². The monoisotopic (exact) mass is 431 g/mol. The Morgan fingerprint density at radius 3 is 2.14 bits per heavy atom. The molecule has 7 nitrogen and oxygen atoms in total. The van der Waals surface area contributed by atoms with Crippen LogP contribution in [0.15, 0.2) is 29.4 Å². The summed E-state index contributed by atoms with van der Waals surface area (Å²) in [5.41, 5.74) is -0.592. The molecule has 1 aromatic carbocycles. The molecule has 28 heavy (non-hydrogen) atoms. The molecule has 0 radical (unpaired) electrons. The molecule has 0 saturated carbocycles. The smallest absolute Gasteiger partial charge is 0.411 e. The Morgan fingerprint density at radius 2 is 1.64 bits per heavy atom. The maximum Gasteiger partial charge on any atom is 0.411 e. The number of hydrogen-bond donors (Lipinski definition) is 1. The van der Waals surface area contributed by atoms with Crippen molar-refractivity contribution in [1.82, 2.24) is 9.97 Å². The zero-order valence-corrected chi connectivity index (χ0v) is 14.6. The molecule has 1 atom stereocenters. The molecule has 0 aliphatic rings. The van der Waals surface area contributed by atoms with Crippen LogP contribution in [0.5, 0.6) is 6.01 Å². The molecule has 0 aliphatic carbocycles. The van der Waals surface area contributed by atoms with Crippen molar-refractivity contribution in [1.29, 1.82) is 0 Å². The number of anilines is 1. The summed E-state index contributed by atoms with van der Waals surface area (Å²) >= 11 is 0. The number of nitrogens with zero attached hydrogens (tertiary/aromatic N) is 2. The van der Waals surface area contributed by atoms with E-state index in [0.717, 1.165) is 19.3 Å². The minimum atomic E-state index is -4.57. The van der Waals surface area contributed by atoms with Gasteiger partial charge in [0.05, 0.1) is 18.1 Å². The van der Waals surface area contributed by atoms with Crippen LogP contribution in [0, 0.1) is 17.5 Å². The summed E-state index contributed by atoms with van der Waals surface area (Å²) in [5.74, 6) is -4.98. The molecular formula is C14H11F6N3O4S. The Hall–Kier alpha value is -2.61. The van der Waals surface area contributed by atoms with Gasteiger partial charge in [-0.3, -0.25) is 4.72 Å². The molecule has 0 saturated heterocycles. The van der Waals surface area contributed by atoms with Gasteiger partial charge in [0.25, 0.3) is 10.0 Å². The molecule has 0 fully saturated rings. The Bertz CT molecular complexity index is 914. The van der Waals surface area contributed by atoms with E-state index in [4.69, 9.17) is 4.74 Å². The van der Waals surface area contributed by atoms with Crippen molar-refractivity contribution in [2.75, 3.05) is 11.3 Å². The van der Waals surface area contributed by atoms with Gasteiger partial charge in [-0.15, -0.1) is 0 Å². The topological polar surface area (TPSA) is 90.4 Å². The maximum atomic E-state index is 13.2. The van der Waals surface area contributed by atoms with Crippen LogP contribution < -0.4 is 9.46 Å². The first-order valence-electron chi connectivity index (χ1n) is 7.22. The number of nitrogens with one attached hydrogen (secondary N) is 1. The molecule has 154 valence electrons. The van der Waals surface area contributed by atoms with Crippen molar-refractivity contribution in [2.45, 2.75) is 24.3 Å². The summed E-state index contributed by atoms with van der Waals surface area (Å²) in [7, 11) is -4.40. The zero-order valence-electron chi connectivity index (χ0n) is 13.8. The summed E-state index contributed by atoms with van der Waals surface area (Å²) < 4.78 is 111. The van der Waals surface area contributed by atoms with Crippen LogP contribution in [-0.4, -0.2) is 37.5 Å². The van der Waals surface area contributed by atoms with Crippen molar-refractivity contribution in [3.05, 3.63) is 42.0 Å². The molecule has 0 aliphatic heterocycles. The first-order valence-corrected chi connectivity index (χ1v) is 8.70. The Morgan fingerprint density at radius 1 is 1.11 bits per heavy atom. The number of ether oxygens (including phenoxy) is 2. The van der Waals surface area contributed by atoms with Crippen molar-refractivity contribution in [3.63, 3.8) is 0 Å². The molecule has 0 amide bonds. The second-order valence-corrected chi connectivity index (χ2v) is 6.85. The Labute approximate surface area is 154 Å². The molecule has 0 spiro atoms. The number of alkyl halides is 3. The minimum Gasteiger partial charge on any atom is -0.434 e. The fourth-order valence-corrected chi connectivity index (χ4v) is 2.66. The van der Waals surface area contributed by atoms with Gasteiger partial charge in [0.2, 0.25) is 6.29 Å². The van der Waals surface area contributed by atoms with Crippen molar-refractivity contribution in [3.8, 4) is 6.01 Å². The van der Waals surface area contributed by atoms with Gasteiger partial charge in [0.1, 0.15) is 11.5 Å². The lowest BCUT2D eigenvalue weighted by atomic mass is 10.3. The highest BCUT2D eigenvalue weighted by atomic mass is 32.2. The summed E-state index contributed by atoms with van der Waals surface area (Å²) in [6.07, 6.45) is -4.48. The predicted molar refractivity (Wildman–Crippen MR) is 81.3 cm³/mol. The number of aromatic nitrogens is 2. The van der Waals surface area contributed by atoms with E-state index in [-0.39, 0.29) is 0 Å². The van der Waals surface area contributed by atoms with Gasteiger partial charge in [-0.25, -0.2) is 31.6 Å². The van der Waals surface area contributed by atoms with E-state index >= 15 is 0 Å². The standard InChI is InChI=1S/C14H11F6N3O4S/c1-7(26-6-14(18,19)20)27-13-21-4-9(5-22-13)28(24,25)23-8-2-10(15)12(17)11(16)3-8/h2-5,7,23H,6H2,1H3. The third-order valence-electron chi connectivity index (χ3n) is 2.90. The largest absolute Gasteiger partial charge is 0.434 e. The molecule has 1 N–H and O–H groups in total. The quantitative estimate of drug-likeness (QED) is 0.412. The number of sulfonamides is 1. The van der Waals surface area contributed by atoms with E-state index < -0.39 is 63.1 Å². The summed E-state index contributed by atoms with van der Waals surface area (Å²) in [6, 6.07) is 0.370. The lowest BCUT2D eigenvalue weighted by Crippen LogP contribution is -2.25. The fraction of sp³-hybridized carbons (Fsp3) is 0.286. The van der Waals surface area contributed by atoms with Gasteiger partial charge in [-0.05, 0) is 6.92 Å². The second kappa shape index (κ2) is 8.18. The van der Waals surface area contributed by atoms with Gasteiger partial charge >= 0.3 is 12.2 Å². The summed E-state index contributed by atoms with van der Waals surface area (Å²) in [4.78, 5) is 6.44. The molecule has 0 bridgehead atoms. The third kappa shape index (κ3) is 5.95. The summed E-state index contributed by atoms with van der Waals surface area (Å²) in [6.45, 7) is -0.436. The van der Waals surface area contributed by atoms with Crippen molar-refractivity contribution in [2.24, 2.45) is 0 Å². The summed E-state index contributed by atoms with van der Waals surface area (Å²) in [5, 5.41) is 0. The SMILES string of the molecule is CC(OCC(F)(F)F)Oc1ncc(S(=O)(=O)Nc2cc(F)c(F)c(F)c2)cn1. The van der Waals surface area contributed by atoms with E-state index in [1.807, 2.05) is 0 Å². The highest BCUT2D eigenvalue weighted by Crippen LogP contribution is 2.21.